The number of likely N-dealkylation sites (N-methyl/N-ethyl adjacent to an activating group) is 1. The average Bonchev–Trinajstić information content (AvgIpc) is 2.46. The highest BCUT2D eigenvalue weighted by atomic mass is 16.5. The molecule has 1 aliphatic carbocycles. The molecule has 0 heterocycles. The van der Waals surface area contributed by atoms with Crippen LogP contribution in [0.3, 0.4) is 0 Å². The molecule has 0 radical (unpaired) electrons. The van der Waals surface area contributed by atoms with E-state index in [-0.39, 0.29) is 5.60 Å². The Morgan fingerprint density at radius 2 is 1.88 bits per heavy atom. The van der Waals surface area contributed by atoms with Crippen LogP contribution in [0.4, 0.5) is 0 Å². The minimum absolute atomic E-state index is 0.0687. The first-order chi connectivity index (χ1) is 7.76. The Labute approximate surface area is 106 Å². The van der Waals surface area contributed by atoms with E-state index < -0.39 is 0 Å². The van der Waals surface area contributed by atoms with Crippen LogP contribution in [0, 0.1) is 5.41 Å². The van der Waals surface area contributed by atoms with Crippen molar-refractivity contribution in [2.45, 2.75) is 65.2 Å². The van der Waals surface area contributed by atoms with Crippen molar-refractivity contribution in [1.29, 1.82) is 0 Å². The average molecular weight is 243 g/mol. The minimum Gasteiger partial charge on any atom is -0.374 e. The zero-order valence-corrected chi connectivity index (χ0v) is 12.3. The monoisotopic (exact) mass is 243 g/mol. The molecule has 1 saturated carbocycles. The molecule has 0 aliphatic heterocycles. The van der Waals surface area contributed by atoms with Gasteiger partial charge >= 0.3 is 0 Å². The summed E-state index contributed by atoms with van der Waals surface area (Å²) in [6.07, 6.45) is 2.70. The van der Waals surface area contributed by atoms with E-state index in [1.807, 2.05) is 7.05 Å². The summed E-state index contributed by atoms with van der Waals surface area (Å²) in [5, 5.41) is 3.40. The molecule has 0 saturated heterocycles. The third-order valence-corrected chi connectivity index (χ3v) is 3.55. The zero-order valence-electron chi connectivity index (χ0n) is 12.3. The number of ether oxygens (including phenoxy) is 2. The van der Waals surface area contributed by atoms with Gasteiger partial charge in [-0.1, -0.05) is 13.8 Å². The van der Waals surface area contributed by atoms with Gasteiger partial charge in [-0.25, -0.2) is 0 Å². The summed E-state index contributed by atoms with van der Waals surface area (Å²) in [6, 6.07) is 0.456. The van der Waals surface area contributed by atoms with E-state index in [1.54, 1.807) is 0 Å². The molecular weight excluding hydrogens is 214 g/mol. The van der Waals surface area contributed by atoms with Crippen LogP contribution in [-0.2, 0) is 9.47 Å². The Bertz CT molecular complexity index is 233. The Balaban J connectivity index is 2.28. The maximum absolute atomic E-state index is 5.95. The lowest BCUT2D eigenvalue weighted by Gasteiger charge is -2.30. The predicted octanol–water partition coefficient (Wildman–Crippen LogP) is 2.59. The fourth-order valence-electron chi connectivity index (χ4n) is 2.64. The highest BCUT2D eigenvalue weighted by Crippen LogP contribution is 2.38. The Hall–Kier alpha value is -0.120. The van der Waals surface area contributed by atoms with Crippen molar-refractivity contribution in [2.75, 3.05) is 20.3 Å². The maximum Gasteiger partial charge on any atom is 0.0734 e. The molecular formula is C14H29NO2. The molecule has 17 heavy (non-hydrogen) atoms. The van der Waals surface area contributed by atoms with Crippen molar-refractivity contribution in [2.24, 2.45) is 5.41 Å². The highest BCUT2D eigenvalue weighted by molar-refractivity contribution is 4.96. The number of hydrogen-bond donors (Lipinski definition) is 1. The summed E-state index contributed by atoms with van der Waals surface area (Å²) in [6.45, 7) is 12.2. The van der Waals surface area contributed by atoms with Crippen molar-refractivity contribution in [3.8, 4) is 0 Å². The van der Waals surface area contributed by atoms with Gasteiger partial charge < -0.3 is 14.8 Å². The summed E-state index contributed by atoms with van der Waals surface area (Å²) in [5.41, 5.74) is 0.269. The van der Waals surface area contributed by atoms with Gasteiger partial charge in [0.1, 0.15) is 0 Å². The van der Waals surface area contributed by atoms with Crippen molar-refractivity contribution < 1.29 is 9.47 Å². The molecule has 0 spiro atoms. The third kappa shape index (κ3) is 4.57. The summed E-state index contributed by atoms with van der Waals surface area (Å²) in [4.78, 5) is 0. The normalized spacial score (nSPS) is 28.6. The van der Waals surface area contributed by atoms with Crippen LogP contribution in [0.2, 0.25) is 0 Å². The van der Waals surface area contributed by atoms with Gasteiger partial charge in [-0.15, -0.1) is 0 Å². The van der Waals surface area contributed by atoms with Gasteiger partial charge in [0, 0.05) is 6.04 Å². The second-order valence-corrected chi connectivity index (χ2v) is 6.66. The molecule has 102 valence electrons. The third-order valence-electron chi connectivity index (χ3n) is 3.55. The van der Waals surface area contributed by atoms with Gasteiger partial charge in [-0.3, -0.25) is 0 Å². The van der Waals surface area contributed by atoms with Crippen LogP contribution in [0.1, 0.15) is 47.5 Å². The van der Waals surface area contributed by atoms with E-state index in [0.717, 1.165) is 6.42 Å². The van der Waals surface area contributed by atoms with Crippen molar-refractivity contribution in [3.63, 3.8) is 0 Å². The Morgan fingerprint density at radius 3 is 2.41 bits per heavy atom. The summed E-state index contributed by atoms with van der Waals surface area (Å²) >= 11 is 0. The van der Waals surface area contributed by atoms with Gasteiger partial charge in [-0.05, 0) is 46.1 Å². The summed E-state index contributed by atoms with van der Waals surface area (Å²) < 4.78 is 11.6. The summed E-state index contributed by atoms with van der Waals surface area (Å²) in [7, 11) is 2.03. The number of hydrogen-bond acceptors (Lipinski definition) is 3. The molecule has 0 aromatic rings. The van der Waals surface area contributed by atoms with Gasteiger partial charge in [0.15, 0.2) is 0 Å². The number of nitrogens with one attached hydrogen (secondary N) is 1. The minimum atomic E-state index is -0.0687. The Morgan fingerprint density at radius 1 is 1.24 bits per heavy atom. The van der Waals surface area contributed by atoms with E-state index in [9.17, 15) is 0 Å². The SMILES string of the molecule is CNC1C(OCCOC(C)(C)C)CCC1(C)C. The van der Waals surface area contributed by atoms with Gasteiger partial charge in [0.05, 0.1) is 24.9 Å². The molecule has 3 heteroatoms. The van der Waals surface area contributed by atoms with Gasteiger partial charge in [-0.2, -0.15) is 0 Å². The molecule has 0 aromatic heterocycles. The van der Waals surface area contributed by atoms with Crippen LogP contribution in [0.15, 0.2) is 0 Å². The van der Waals surface area contributed by atoms with E-state index in [4.69, 9.17) is 9.47 Å². The quantitative estimate of drug-likeness (QED) is 0.753. The van der Waals surface area contributed by atoms with Crippen molar-refractivity contribution in [1.82, 2.24) is 5.32 Å². The van der Waals surface area contributed by atoms with Crippen LogP contribution >= 0.6 is 0 Å². The number of rotatable bonds is 5. The first-order valence-corrected chi connectivity index (χ1v) is 6.69. The molecule has 1 N–H and O–H groups in total. The maximum atomic E-state index is 5.95. The molecule has 0 amide bonds. The lowest BCUT2D eigenvalue weighted by molar-refractivity contribution is -0.0568. The first kappa shape index (κ1) is 14.9. The second kappa shape index (κ2) is 5.68. The van der Waals surface area contributed by atoms with Crippen molar-refractivity contribution in [3.05, 3.63) is 0 Å². The molecule has 0 bridgehead atoms. The molecule has 2 atom stereocenters. The Kier molecular flexibility index (Phi) is 4.99. The predicted molar refractivity (Wildman–Crippen MR) is 71.3 cm³/mol. The second-order valence-electron chi connectivity index (χ2n) is 6.66. The lowest BCUT2D eigenvalue weighted by Crippen LogP contribution is -2.44. The molecule has 1 fully saturated rings. The van der Waals surface area contributed by atoms with Crippen LogP contribution in [-0.4, -0.2) is 38.0 Å². The molecule has 1 aliphatic rings. The first-order valence-electron chi connectivity index (χ1n) is 6.69. The van der Waals surface area contributed by atoms with E-state index >= 15 is 0 Å². The van der Waals surface area contributed by atoms with Crippen LogP contribution in [0.25, 0.3) is 0 Å². The molecule has 2 unspecified atom stereocenters. The fourth-order valence-corrected chi connectivity index (χ4v) is 2.64. The van der Waals surface area contributed by atoms with E-state index in [0.29, 0.717) is 30.8 Å². The highest BCUT2D eigenvalue weighted by Gasteiger charge is 2.41. The zero-order chi connectivity index (χ0) is 13.1. The largest absolute Gasteiger partial charge is 0.374 e. The molecule has 1 rings (SSSR count). The van der Waals surface area contributed by atoms with Crippen molar-refractivity contribution >= 4 is 0 Å². The van der Waals surface area contributed by atoms with Gasteiger partial charge in [0.25, 0.3) is 0 Å². The van der Waals surface area contributed by atoms with E-state index in [2.05, 4.69) is 39.9 Å². The summed E-state index contributed by atoms with van der Waals surface area (Å²) in [5.74, 6) is 0. The molecule has 3 nitrogen and oxygen atoms in total. The van der Waals surface area contributed by atoms with Gasteiger partial charge in [0.2, 0.25) is 0 Å². The topological polar surface area (TPSA) is 30.5 Å². The van der Waals surface area contributed by atoms with E-state index in [1.165, 1.54) is 6.42 Å². The van der Waals surface area contributed by atoms with Crippen LogP contribution in [0.5, 0.6) is 0 Å². The molecule has 0 aromatic carbocycles. The fraction of sp³-hybridized carbons (Fsp3) is 1.00. The van der Waals surface area contributed by atoms with Crippen LogP contribution < -0.4 is 5.32 Å². The standard InChI is InChI=1S/C14H29NO2/c1-13(2,3)17-10-9-16-11-7-8-14(4,5)12(11)15-6/h11-12,15H,7-10H2,1-6H3. The smallest absolute Gasteiger partial charge is 0.0734 e. The lowest BCUT2D eigenvalue weighted by atomic mass is 9.87.